The summed E-state index contributed by atoms with van der Waals surface area (Å²) in [6, 6.07) is 0.301. The number of hydrogen-bond donors (Lipinski definition) is 0. The van der Waals surface area contributed by atoms with Crippen LogP contribution in [0.25, 0.3) is 0 Å². The zero-order chi connectivity index (χ0) is 5.56. The highest BCUT2D eigenvalue weighted by Crippen LogP contribution is 2.28. The summed E-state index contributed by atoms with van der Waals surface area (Å²) in [6.45, 7) is 2.83. The Morgan fingerprint density at radius 2 is 2.62 bits per heavy atom. The Morgan fingerprint density at radius 3 is 3.12 bits per heavy atom. The normalized spacial score (nSPS) is 37.0. The van der Waals surface area contributed by atoms with Crippen molar-refractivity contribution in [3.8, 4) is 0 Å². The predicted molar refractivity (Wildman–Crippen MR) is 29.0 cm³/mol. The molecule has 1 unspecified atom stereocenters. The van der Waals surface area contributed by atoms with Crippen LogP contribution in [0.3, 0.4) is 0 Å². The SMILES string of the molecule is O=C1[CH]N2CCCC12. The van der Waals surface area contributed by atoms with Gasteiger partial charge in [-0.2, -0.15) is 0 Å². The van der Waals surface area contributed by atoms with Crippen LogP contribution in [0, 0.1) is 6.54 Å². The van der Waals surface area contributed by atoms with Gasteiger partial charge in [0.25, 0.3) is 0 Å². The maximum atomic E-state index is 10.6. The van der Waals surface area contributed by atoms with Crippen LogP contribution in [0.1, 0.15) is 12.8 Å². The molecule has 0 spiro atoms. The van der Waals surface area contributed by atoms with Crippen LogP contribution in [0.15, 0.2) is 0 Å². The van der Waals surface area contributed by atoms with Gasteiger partial charge < -0.3 is 0 Å². The van der Waals surface area contributed by atoms with Crippen LogP contribution in [0.2, 0.25) is 0 Å². The van der Waals surface area contributed by atoms with Crippen molar-refractivity contribution in [1.82, 2.24) is 4.90 Å². The molecule has 0 aliphatic carbocycles. The number of ketones is 1. The van der Waals surface area contributed by atoms with E-state index in [-0.39, 0.29) is 0 Å². The summed E-state index contributed by atoms with van der Waals surface area (Å²) in [4.78, 5) is 12.7. The molecule has 2 aliphatic rings. The molecule has 0 saturated carbocycles. The Morgan fingerprint density at radius 1 is 1.75 bits per heavy atom. The lowest BCUT2D eigenvalue weighted by molar-refractivity contribution is -0.128. The lowest BCUT2D eigenvalue weighted by Gasteiger charge is -2.31. The van der Waals surface area contributed by atoms with Gasteiger partial charge in [0.1, 0.15) is 0 Å². The highest BCUT2D eigenvalue weighted by atomic mass is 16.1. The van der Waals surface area contributed by atoms with Crippen molar-refractivity contribution < 1.29 is 4.79 Å². The van der Waals surface area contributed by atoms with E-state index in [1.165, 1.54) is 6.42 Å². The van der Waals surface area contributed by atoms with E-state index in [9.17, 15) is 4.79 Å². The van der Waals surface area contributed by atoms with Crippen LogP contribution in [0.5, 0.6) is 0 Å². The first kappa shape index (κ1) is 4.50. The van der Waals surface area contributed by atoms with E-state index in [1.54, 1.807) is 6.54 Å². The van der Waals surface area contributed by atoms with E-state index in [1.807, 2.05) is 0 Å². The van der Waals surface area contributed by atoms with E-state index in [0.717, 1.165) is 13.0 Å². The highest BCUT2D eigenvalue weighted by Gasteiger charge is 2.40. The topological polar surface area (TPSA) is 20.3 Å². The highest BCUT2D eigenvalue weighted by molar-refractivity contribution is 5.97. The summed E-state index contributed by atoms with van der Waals surface area (Å²) in [5, 5.41) is 0. The van der Waals surface area contributed by atoms with Gasteiger partial charge in [-0.3, -0.25) is 9.69 Å². The standard InChI is InChI=1S/C6H8NO/c8-6-4-7-3-1-2-5(6)7/h4-5H,1-3H2. The smallest absolute Gasteiger partial charge is 0.169 e. The second-order valence-corrected chi connectivity index (χ2v) is 2.43. The van der Waals surface area contributed by atoms with Crippen molar-refractivity contribution in [2.45, 2.75) is 18.9 Å². The number of carbonyl (C=O) groups excluding carboxylic acids is 1. The molecule has 2 rings (SSSR count). The Hall–Kier alpha value is -0.370. The molecular formula is C6H8NO. The zero-order valence-electron chi connectivity index (χ0n) is 4.63. The fraction of sp³-hybridized carbons (Fsp3) is 0.667. The molecule has 2 nitrogen and oxygen atoms in total. The number of hydrogen-bond acceptors (Lipinski definition) is 2. The summed E-state index contributed by atoms with van der Waals surface area (Å²) in [7, 11) is 0. The third-order valence-corrected chi connectivity index (χ3v) is 1.92. The van der Waals surface area contributed by atoms with Gasteiger partial charge in [-0.15, -0.1) is 0 Å². The van der Waals surface area contributed by atoms with Crippen LogP contribution >= 0.6 is 0 Å². The van der Waals surface area contributed by atoms with Crippen molar-refractivity contribution >= 4 is 5.78 Å². The zero-order valence-corrected chi connectivity index (χ0v) is 4.63. The fourth-order valence-corrected chi connectivity index (χ4v) is 1.42. The molecule has 2 heteroatoms. The number of Topliss-reactive ketones (excluding diaryl/α,β-unsaturated/α-hetero) is 1. The first-order chi connectivity index (χ1) is 3.88. The Bertz CT molecular complexity index is 132. The van der Waals surface area contributed by atoms with Crippen LogP contribution < -0.4 is 0 Å². The van der Waals surface area contributed by atoms with Crippen molar-refractivity contribution in [1.29, 1.82) is 0 Å². The third kappa shape index (κ3) is 0.388. The summed E-state index contributed by atoms with van der Waals surface area (Å²) >= 11 is 0. The van der Waals surface area contributed by atoms with E-state index >= 15 is 0 Å². The van der Waals surface area contributed by atoms with Gasteiger partial charge in [-0.05, 0) is 19.4 Å². The summed E-state index contributed by atoms with van der Waals surface area (Å²) in [5.41, 5.74) is 0. The van der Waals surface area contributed by atoms with Crippen molar-refractivity contribution in [2.75, 3.05) is 6.54 Å². The Labute approximate surface area is 48.5 Å². The molecule has 1 atom stereocenters. The summed E-state index contributed by atoms with van der Waals surface area (Å²) in [6.07, 6.45) is 2.29. The fourth-order valence-electron chi connectivity index (χ4n) is 1.42. The summed E-state index contributed by atoms with van der Waals surface area (Å²) in [5.74, 6) is 0.336. The quantitative estimate of drug-likeness (QED) is 0.444. The second kappa shape index (κ2) is 1.32. The van der Waals surface area contributed by atoms with E-state index in [0.29, 0.717) is 11.8 Å². The van der Waals surface area contributed by atoms with E-state index in [4.69, 9.17) is 0 Å². The molecule has 2 fully saturated rings. The molecule has 0 amide bonds. The molecule has 0 bridgehead atoms. The van der Waals surface area contributed by atoms with Crippen LogP contribution in [-0.2, 0) is 4.79 Å². The molecule has 2 aliphatic heterocycles. The Balaban J connectivity index is 2.11. The van der Waals surface area contributed by atoms with Gasteiger partial charge in [0, 0.05) is 0 Å². The van der Waals surface area contributed by atoms with Crippen molar-refractivity contribution in [3.63, 3.8) is 0 Å². The second-order valence-electron chi connectivity index (χ2n) is 2.43. The lowest BCUT2D eigenvalue weighted by atomic mass is 10.0. The molecule has 43 valence electrons. The van der Waals surface area contributed by atoms with Crippen LogP contribution in [0.4, 0.5) is 0 Å². The molecule has 8 heavy (non-hydrogen) atoms. The molecular weight excluding hydrogens is 102 g/mol. The predicted octanol–water partition coefficient (Wildman–Crippen LogP) is 0.195. The van der Waals surface area contributed by atoms with E-state index < -0.39 is 0 Å². The molecule has 0 aromatic carbocycles. The van der Waals surface area contributed by atoms with Gasteiger partial charge in [0.15, 0.2) is 5.78 Å². The average molecular weight is 110 g/mol. The largest absolute Gasteiger partial charge is 0.296 e. The third-order valence-electron chi connectivity index (χ3n) is 1.92. The van der Waals surface area contributed by atoms with Gasteiger partial charge in [-0.25, -0.2) is 0 Å². The van der Waals surface area contributed by atoms with Gasteiger partial charge in [0.05, 0.1) is 12.6 Å². The van der Waals surface area contributed by atoms with Gasteiger partial charge in [0.2, 0.25) is 0 Å². The number of fused-ring (bicyclic) bond motifs is 1. The molecule has 2 heterocycles. The van der Waals surface area contributed by atoms with Crippen molar-refractivity contribution in [2.24, 2.45) is 0 Å². The number of rotatable bonds is 0. The van der Waals surface area contributed by atoms with Gasteiger partial charge in [-0.1, -0.05) is 0 Å². The Kier molecular flexibility index (Phi) is 0.742. The monoisotopic (exact) mass is 110 g/mol. The number of nitrogens with zero attached hydrogens (tertiary/aromatic N) is 1. The minimum Gasteiger partial charge on any atom is -0.296 e. The summed E-state index contributed by atoms with van der Waals surface area (Å²) < 4.78 is 0. The molecule has 0 aromatic rings. The van der Waals surface area contributed by atoms with Crippen LogP contribution in [-0.4, -0.2) is 23.3 Å². The molecule has 0 N–H and O–H groups in total. The first-order valence-electron chi connectivity index (χ1n) is 3.02. The number of carbonyl (C=O) groups is 1. The molecule has 0 aromatic heterocycles. The average Bonchev–Trinajstić information content (AvgIpc) is 2.09. The maximum absolute atomic E-state index is 10.6. The minimum absolute atomic E-state index is 0.301. The molecule has 2 saturated heterocycles. The molecule has 1 radical (unpaired) electrons. The van der Waals surface area contributed by atoms with Gasteiger partial charge >= 0.3 is 0 Å². The first-order valence-corrected chi connectivity index (χ1v) is 3.02. The minimum atomic E-state index is 0.301. The maximum Gasteiger partial charge on any atom is 0.169 e. The lowest BCUT2D eigenvalue weighted by Crippen LogP contribution is -2.48. The van der Waals surface area contributed by atoms with Crippen molar-refractivity contribution in [3.05, 3.63) is 6.54 Å². The van der Waals surface area contributed by atoms with E-state index in [2.05, 4.69) is 4.90 Å².